The maximum absolute atomic E-state index is 13.3. The summed E-state index contributed by atoms with van der Waals surface area (Å²) in [5, 5.41) is 1.15. The average molecular weight is 242 g/mol. The monoisotopic (exact) mass is 241 g/mol. The van der Waals surface area contributed by atoms with E-state index < -0.39 is 28.9 Å². The van der Waals surface area contributed by atoms with E-state index in [0.29, 0.717) is 11.1 Å². The summed E-state index contributed by atoms with van der Waals surface area (Å²) in [6, 6.07) is 4.41. The second-order valence-corrected chi connectivity index (χ2v) is 4.21. The smallest absolute Gasteiger partial charge is 0.245 e. The van der Waals surface area contributed by atoms with Gasteiger partial charge >= 0.3 is 0 Å². The van der Waals surface area contributed by atoms with Crippen molar-refractivity contribution in [1.29, 1.82) is 0 Å². The number of aryl methyl sites for hydroxylation is 1. The minimum absolute atomic E-state index is 0.409. The van der Waals surface area contributed by atoms with Gasteiger partial charge in [-0.1, -0.05) is 12.1 Å². The molecule has 0 aliphatic carbocycles. The Morgan fingerprint density at radius 1 is 1.31 bits per heavy atom. The SMILES string of the molecule is Cc1ccc(C2C(=O)NC(=O)C2Cl)cc1F. The normalized spacial score (nSPS) is 24.7. The summed E-state index contributed by atoms with van der Waals surface area (Å²) < 4.78 is 13.3. The van der Waals surface area contributed by atoms with E-state index >= 15 is 0 Å². The van der Waals surface area contributed by atoms with Gasteiger partial charge in [0.05, 0.1) is 5.92 Å². The molecule has 1 aromatic rings. The zero-order valence-corrected chi connectivity index (χ0v) is 9.22. The van der Waals surface area contributed by atoms with Crippen LogP contribution in [-0.2, 0) is 9.59 Å². The fraction of sp³-hybridized carbons (Fsp3) is 0.273. The molecule has 2 unspecified atom stereocenters. The lowest BCUT2D eigenvalue weighted by Gasteiger charge is -2.10. The first-order valence-electron chi connectivity index (χ1n) is 4.75. The van der Waals surface area contributed by atoms with Crippen molar-refractivity contribution in [2.45, 2.75) is 18.2 Å². The van der Waals surface area contributed by atoms with Crippen LogP contribution < -0.4 is 5.32 Å². The molecule has 3 nitrogen and oxygen atoms in total. The van der Waals surface area contributed by atoms with E-state index in [1.807, 2.05) is 0 Å². The quantitative estimate of drug-likeness (QED) is 0.598. The Kier molecular flexibility index (Phi) is 2.68. The lowest BCUT2D eigenvalue weighted by atomic mass is 9.96. The number of alkyl halides is 1. The minimum Gasteiger partial charge on any atom is -0.295 e. The van der Waals surface area contributed by atoms with Gasteiger partial charge in [-0.05, 0) is 24.1 Å². The number of benzene rings is 1. The average Bonchev–Trinajstić information content (AvgIpc) is 2.47. The Bertz CT molecular complexity index is 475. The molecule has 1 aliphatic rings. The molecular weight excluding hydrogens is 233 g/mol. The third-order valence-corrected chi connectivity index (χ3v) is 3.08. The summed E-state index contributed by atoms with van der Waals surface area (Å²) in [4.78, 5) is 22.6. The Morgan fingerprint density at radius 3 is 2.50 bits per heavy atom. The highest BCUT2D eigenvalue weighted by atomic mass is 35.5. The van der Waals surface area contributed by atoms with Gasteiger partial charge in [0.25, 0.3) is 0 Å². The second kappa shape index (κ2) is 3.87. The second-order valence-electron chi connectivity index (χ2n) is 3.74. The highest BCUT2D eigenvalue weighted by Gasteiger charge is 2.41. The molecule has 2 rings (SSSR count). The number of hydrogen-bond donors (Lipinski definition) is 1. The lowest BCUT2D eigenvalue weighted by Crippen LogP contribution is -2.22. The first kappa shape index (κ1) is 11.1. The number of nitrogens with one attached hydrogen (secondary N) is 1. The van der Waals surface area contributed by atoms with Gasteiger partial charge in [-0.15, -0.1) is 11.6 Å². The number of carbonyl (C=O) groups excluding carboxylic acids is 2. The number of carbonyl (C=O) groups is 2. The third-order valence-electron chi connectivity index (χ3n) is 2.63. The predicted octanol–water partition coefficient (Wildman–Crippen LogP) is 1.48. The van der Waals surface area contributed by atoms with Crippen LogP contribution in [0.3, 0.4) is 0 Å². The van der Waals surface area contributed by atoms with Crippen LogP contribution in [0.2, 0.25) is 0 Å². The van der Waals surface area contributed by atoms with E-state index in [-0.39, 0.29) is 0 Å². The van der Waals surface area contributed by atoms with Gasteiger partial charge in [0.15, 0.2) is 0 Å². The van der Waals surface area contributed by atoms with Crippen molar-refractivity contribution in [3.05, 3.63) is 35.1 Å². The highest BCUT2D eigenvalue weighted by Crippen LogP contribution is 2.29. The Morgan fingerprint density at radius 2 is 2.00 bits per heavy atom. The molecule has 1 fully saturated rings. The molecular formula is C11H9ClFNO2. The van der Waals surface area contributed by atoms with Gasteiger partial charge in [0, 0.05) is 0 Å². The van der Waals surface area contributed by atoms with E-state index in [0.717, 1.165) is 0 Å². The van der Waals surface area contributed by atoms with Gasteiger partial charge in [0.1, 0.15) is 11.2 Å². The first-order chi connectivity index (χ1) is 7.50. The maximum atomic E-state index is 13.3. The molecule has 16 heavy (non-hydrogen) atoms. The largest absolute Gasteiger partial charge is 0.295 e. The van der Waals surface area contributed by atoms with E-state index in [1.165, 1.54) is 6.07 Å². The minimum atomic E-state index is -0.963. The molecule has 0 spiro atoms. The number of imide groups is 1. The summed E-state index contributed by atoms with van der Waals surface area (Å²) in [6.07, 6.45) is 0. The molecule has 1 aromatic carbocycles. The molecule has 1 heterocycles. The lowest BCUT2D eigenvalue weighted by molar-refractivity contribution is -0.125. The van der Waals surface area contributed by atoms with Crippen molar-refractivity contribution < 1.29 is 14.0 Å². The van der Waals surface area contributed by atoms with Crippen molar-refractivity contribution in [3.8, 4) is 0 Å². The molecule has 2 atom stereocenters. The Balaban J connectivity index is 2.40. The van der Waals surface area contributed by atoms with Gasteiger partial charge in [-0.3, -0.25) is 14.9 Å². The molecule has 1 aliphatic heterocycles. The van der Waals surface area contributed by atoms with Crippen LogP contribution in [0.1, 0.15) is 17.0 Å². The van der Waals surface area contributed by atoms with Gasteiger partial charge in [0.2, 0.25) is 11.8 Å². The number of amides is 2. The van der Waals surface area contributed by atoms with Crippen LogP contribution in [0.4, 0.5) is 4.39 Å². The Labute approximate surface area is 96.6 Å². The van der Waals surface area contributed by atoms with Crippen LogP contribution in [0.5, 0.6) is 0 Å². The zero-order chi connectivity index (χ0) is 11.9. The fourth-order valence-electron chi connectivity index (χ4n) is 1.68. The van der Waals surface area contributed by atoms with Crippen LogP contribution >= 0.6 is 11.6 Å². The van der Waals surface area contributed by atoms with Crippen LogP contribution in [0, 0.1) is 12.7 Å². The topological polar surface area (TPSA) is 46.2 Å². The van der Waals surface area contributed by atoms with E-state index in [9.17, 15) is 14.0 Å². The molecule has 5 heteroatoms. The summed E-state index contributed by atoms with van der Waals surface area (Å²) in [5.74, 6) is -2.22. The number of halogens is 2. The van der Waals surface area contributed by atoms with Gasteiger partial charge in [-0.2, -0.15) is 0 Å². The number of rotatable bonds is 1. The van der Waals surface area contributed by atoms with E-state index in [4.69, 9.17) is 11.6 Å². The molecule has 1 saturated heterocycles. The molecule has 84 valence electrons. The summed E-state index contributed by atoms with van der Waals surface area (Å²) >= 11 is 5.79. The molecule has 0 radical (unpaired) electrons. The summed E-state index contributed by atoms with van der Waals surface area (Å²) in [7, 11) is 0. The third kappa shape index (κ3) is 1.69. The van der Waals surface area contributed by atoms with Crippen molar-refractivity contribution in [2.24, 2.45) is 0 Å². The van der Waals surface area contributed by atoms with Gasteiger partial charge in [-0.25, -0.2) is 4.39 Å². The van der Waals surface area contributed by atoms with Crippen LogP contribution in [0.25, 0.3) is 0 Å². The Hall–Kier alpha value is -1.42. The summed E-state index contributed by atoms with van der Waals surface area (Å²) in [5.41, 5.74) is 0.908. The molecule has 1 N–H and O–H groups in total. The van der Waals surface area contributed by atoms with Crippen molar-refractivity contribution in [1.82, 2.24) is 5.32 Å². The van der Waals surface area contributed by atoms with Crippen molar-refractivity contribution in [3.63, 3.8) is 0 Å². The van der Waals surface area contributed by atoms with Crippen molar-refractivity contribution >= 4 is 23.4 Å². The first-order valence-corrected chi connectivity index (χ1v) is 5.19. The number of hydrogen-bond acceptors (Lipinski definition) is 2. The molecule has 0 saturated carbocycles. The van der Waals surface area contributed by atoms with E-state index in [1.54, 1.807) is 19.1 Å². The predicted molar refractivity (Wildman–Crippen MR) is 56.7 cm³/mol. The van der Waals surface area contributed by atoms with Gasteiger partial charge < -0.3 is 0 Å². The summed E-state index contributed by atoms with van der Waals surface area (Å²) in [6.45, 7) is 1.62. The molecule has 0 bridgehead atoms. The van der Waals surface area contributed by atoms with Crippen molar-refractivity contribution in [2.75, 3.05) is 0 Å². The molecule has 0 aromatic heterocycles. The standard InChI is InChI=1S/C11H9ClFNO2/c1-5-2-3-6(4-7(5)13)8-9(12)11(16)14-10(8)15/h2-4,8-9H,1H3,(H,14,15,16). The highest BCUT2D eigenvalue weighted by molar-refractivity contribution is 6.37. The van der Waals surface area contributed by atoms with E-state index in [2.05, 4.69) is 5.32 Å². The molecule has 2 amide bonds. The van der Waals surface area contributed by atoms with Crippen LogP contribution in [-0.4, -0.2) is 17.2 Å². The maximum Gasteiger partial charge on any atom is 0.245 e. The zero-order valence-electron chi connectivity index (χ0n) is 8.46. The fourth-order valence-corrected chi connectivity index (χ4v) is 1.99. The van der Waals surface area contributed by atoms with Crippen LogP contribution in [0.15, 0.2) is 18.2 Å².